The number of amides is 2. The van der Waals surface area contributed by atoms with Gasteiger partial charge in [0, 0.05) is 29.4 Å². The number of nitrogens with zero attached hydrogens (tertiary/aromatic N) is 2. The molecule has 9 heteroatoms. The Hall–Kier alpha value is -3.46. The monoisotopic (exact) mass is 412 g/mol. The molecule has 2 aromatic carbocycles. The van der Waals surface area contributed by atoms with E-state index in [2.05, 4.69) is 20.8 Å². The van der Waals surface area contributed by atoms with Crippen molar-refractivity contribution < 1.29 is 19.1 Å². The first kappa shape index (κ1) is 20.3. The van der Waals surface area contributed by atoms with Gasteiger partial charge in [0.2, 0.25) is 5.01 Å². The Morgan fingerprint density at radius 2 is 1.76 bits per heavy atom. The molecule has 0 atom stereocenters. The quantitative estimate of drug-likeness (QED) is 0.618. The molecule has 0 aliphatic carbocycles. The third-order valence-electron chi connectivity index (χ3n) is 4.06. The van der Waals surface area contributed by atoms with Crippen molar-refractivity contribution in [2.45, 2.75) is 13.5 Å². The maximum Gasteiger partial charge on any atom is 0.286 e. The molecule has 150 valence electrons. The highest BCUT2D eigenvalue weighted by atomic mass is 32.1. The summed E-state index contributed by atoms with van der Waals surface area (Å²) in [4.78, 5) is 24.5. The molecule has 0 bridgehead atoms. The Labute approximate surface area is 171 Å². The lowest BCUT2D eigenvalue weighted by Gasteiger charge is -2.11. The van der Waals surface area contributed by atoms with Crippen molar-refractivity contribution in [1.82, 2.24) is 15.5 Å². The zero-order chi connectivity index (χ0) is 20.8. The van der Waals surface area contributed by atoms with E-state index in [1.807, 2.05) is 6.07 Å². The number of aromatic nitrogens is 2. The van der Waals surface area contributed by atoms with E-state index < -0.39 is 0 Å². The molecule has 0 saturated heterocycles. The predicted molar refractivity (Wildman–Crippen MR) is 110 cm³/mol. The van der Waals surface area contributed by atoms with Crippen molar-refractivity contribution in [3.05, 3.63) is 63.6 Å². The summed E-state index contributed by atoms with van der Waals surface area (Å²) >= 11 is 1.22. The lowest BCUT2D eigenvalue weighted by Crippen LogP contribution is -2.23. The second kappa shape index (κ2) is 9.16. The molecule has 0 aliphatic rings. The van der Waals surface area contributed by atoms with Gasteiger partial charge in [0.25, 0.3) is 11.8 Å². The molecule has 2 amide bonds. The van der Waals surface area contributed by atoms with E-state index in [-0.39, 0.29) is 16.8 Å². The lowest BCUT2D eigenvalue weighted by atomic mass is 10.1. The van der Waals surface area contributed by atoms with Gasteiger partial charge in [-0.1, -0.05) is 11.3 Å². The largest absolute Gasteiger partial charge is 0.497 e. The fraction of sp³-hybridized carbons (Fsp3) is 0.200. The van der Waals surface area contributed by atoms with Crippen LogP contribution in [0.4, 0.5) is 5.69 Å². The van der Waals surface area contributed by atoms with E-state index in [0.717, 1.165) is 10.6 Å². The molecule has 1 aromatic heterocycles. The second-order valence-corrected chi connectivity index (χ2v) is 7.20. The van der Waals surface area contributed by atoms with Crippen LogP contribution in [0.15, 0.2) is 42.5 Å². The van der Waals surface area contributed by atoms with Gasteiger partial charge in [0.05, 0.1) is 14.2 Å². The normalized spacial score (nSPS) is 10.3. The number of rotatable bonds is 7. The molecule has 0 unspecified atom stereocenters. The summed E-state index contributed by atoms with van der Waals surface area (Å²) in [7, 11) is 3.15. The zero-order valence-electron chi connectivity index (χ0n) is 16.2. The Balaban J connectivity index is 1.60. The van der Waals surface area contributed by atoms with Gasteiger partial charge in [-0.25, -0.2) is 0 Å². The van der Waals surface area contributed by atoms with Gasteiger partial charge >= 0.3 is 0 Å². The van der Waals surface area contributed by atoms with E-state index in [4.69, 9.17) is 9.47 Å². The smallest absolute Gasteiger partial charge is 0.286 e. The van der Waals surface area contributed by atoms with Crippen molar-refractivity contribution in [2.24, 2.45) is 0 Å². The van der Waals surface area contributed by atoms with Gasteiger partial charge in [-0.15, -0.1) is 10.2 Å². The van der Waals surface area contributed by atoms with E-state index in [1.54, 1.807) is 57.5 Å². The van der Waals surface area contributed by atoms with E-state index in [0.29, 0.717) is 29.3 Å². The molecule has 0 aliphatic heterocycles. The standard InChI is InChI=1S/C20H20N4O4S/c1-12-23-24-20(29-12)19(26)22-15-7-4-13(5-8-15)18(25)21-11-14-6-9-16(27-2)10-17(14)28-3/h4-10H,11H2,1-3H3,(H,21,25)(H,22,26). The van der Waals surface area contributed by atoms with Gasteiger partial charge in [-0.2, -0.15) is 0 Å². The molecular formula is C20H20N4O4S. The average Bonchev–Trinajstić information content (AvgIpc) is 3.19. The molecule has 3 aromatic rings. The first-order valence-electron chi connectivity index (χ1n) is 8.70. The van der Waals surface area contributed by atoms with Crippen LogP contribution in [0.1, 0.15) is 30.7 Å². The van der Waals surface area contributed by atoms with Crippen LogP contribution in [-0.4, -0.2) is 36.2 Å². The van der Waals surface area contributed by atoms with Crippen LogP contribution in [0, 0.1) is 6.92 Å². The highest BCUT2D eigenvalue weighted by molar-refractivity contribution is 7.13. The number of aryl methyl sites for hydroxylation is 1. The Morgan fingerprint density at radius 3 is 2.38 bits per heavy atom. The van der Waals surface area contributed by atoms with Crippen molar-refractivity contribution in [1.29, 1.82) is 0 Å². The van der Waals surface area contributed by atoms with Crippen molar-refractivity contribution in [3.63, 3.8) is 0 Å². The summed E-state index contributed by atoms with van der Waals surface area (Å²) < 4.78 is 10.5. The van der Waals surface area contributed by atoms with E-state index in [1.165, 1.54) is 11.3 Å². The third-order valence-corrected chi connectivity index (χ3v) is 4.90. The topological polar surface area (TPSA) is 102 Å². The molecule has 0 radical (unpaired) electrons. The first-order valence-corrected chi connectivity index (χ1v) is 9.52. The molecule has 29 heavy (non-hydrogen) atoms. The number of carbonyl (C=O) groups is 2. The van der Waals surface area contributed by atoms with Crippen LogP contribution in [0.2, 0.25) is 0 Å². The van der Waals surface area contributed by atoms with Crippen LogP contribution in [0.25, 0.3) is 0 Å². The summed E-state index contributed by atoms with van der Waals surface area (Å²) in [5, 5.41) is 14.2. The summed E-state index contributed by atoms with van der Waals surface area (Å²) in [5.74, 6) is 0.743. The van der Waals surface area contributed by atoms with Crippen LogP contribution in [0.5, 0.6) is 11.5 Å². The molecule has 8 nitrogen and oxygen atoms in total. The van der Waals surface area contributed by atoms with Crippen molar-refractivity contribution in [2.75, 3.05) is 19.5 Å². The summed E-state index contributed by atoms with van der Waals surface area (Å²) in [6.07, 6.45) is 0. The number of hydrogen-bond acceptors (Lipinski definition) is 7. The fourth-order valence-electron chi connectivity index (χ4n) is 2.55. The number of hydrogen-bond donors (Lipinski definition) is 2. The van der Waals surface area contributed by atoms with Gasteiger partial charge < -0.3 is 20.1 Å². The minimum Gasteiger partial charge on any atom is -0.497 e. The SMILES string of the molecule is COc1ccc(CNC(=O)c2ccc(NC(=O)c3nnc(C)s3)cc2)c(OC)c1. The summed E-state index contributed by atoms with van der Waals surface area (Å²) in [6.45, 7) is 2.09. The number of benzene rings is 2. The number of nitrogens with one attached hydrogen (secondary N) is 2. The van der Waals surface area contributed by atoms with Crippen LogP contribution < -0.4 is 20.1 Å². The third kappa shape index (κ3) is 5.08. The maximum absolute atomic E-state index is 12.4. The number of methoxy groups -OCH3 is 2. The predicted octanol–water partition coefficient (Wildman–Crippen LogP) is 3.05. The van der Waals surface area contributed by atoms with Crippen molar-refractivity contribution in [3.8, 4) is 11.5 Å². The van der Waals surface area contributed by atoms with Gasteiger partial charge in [-0.3, -0.25) is 9.59 Å². The Bertz CT molecular complexity index is 1020. The Kier molecular flexibility index (Phi) is 6.40. The number of anilines is 1. The molecule has 2 N–H and O–H groups in total. The van der Waals surface area contributed by atoms with Gasteiger partial charge in [-0.05, 0) is 43.3 Å². The highest BCUT2D eigenvalue weighted by Gasteiger charge is 2.13. The second-order valence-electron chi connectivity index (χ2n) is 6.02. The van der Waals surface area contributed by atoms with Crippen LogP contribution in [-0.2, 0) is 6.54 Å². The maximum atomic E-state index is 12.4. The van der Waals surface area contributed by atoms with E-state index >= 15 is 0 Å². The summed E-state index contributed by atoms with van der Waals surface area (Å²) in [5.41, 5.74) is 1.87. The molecule has 0 saturated carbocycles. The fourth-order valence-corrected chi connectivity index (χ4v) is 3.14. The highest BCUT2D eigenvalue weighted by Crippen LogP contribution is 2.24. The van der Waals surface area contributed by atoms with Crippen molar-refractivity contribution >= 4 is 28.8 Å². The Morgan fingerprint density at radius 1 is 1.00 bits per heavy atom. The van der Waals surface area contributed by atoms with Gasteiger partial charge in [0.1, 0.15) is 16.5 Å². The number of carbonyl (C=O) groups excluding carboxylic acids is 2. The first-order chi connectivity index (χ1) is 14.0. The van der Waals surface area contributed by atoms with Gasteiger partial charge in [0.15, 0.2) is 0 Å². The molecule has 1 heterocycles. The molecular weight excluding hydrogens is 392 g/mol. The summed E-state index contributed by atoms with van der Waals surface area (Å²) in [6, 6.07) is 12.0. The van der Waals surface area contributed by atoms with Crippen LogP contribution >= 0.6 is 11.3 Å². The lowest BCUT2D eigenvalue weighted by molar-refractivity contribution is 0.0950. The molecule has 0 spiro atoms. The van der Waals surface area contributed by atoms with Crippen LogP contribution in [0.3, 0.4) is 0 Å². The molecule has 3 rings (SSSR count). The zero-order valence-corrected chi connectivity index (χ0v) is 17.0. The molecule has 0 fully saturated rings. The minimum atomic E-state index is -0.334. The number of ether oxygens (including phenoxy) is 2. The van der Waals surface area contributed by atoms with E-state index in [9.17, 15) is 9.59 Å². The average molecular weight is 412 g/mol. The minimum absolute atomic E-state index is 0.236.